The number of carbonyl (C=O) groups excluding carboxylic acids is 7. The van der Waals surface area contributed by atoms with Crippen LogP contribution >= 0.6 is 23.2 Å². The summed E-state index contributed by atoms with van der Waals surface area (Å²) in [4.78, 5) is 96.4. The predicted molar refractivity (Wildman–Crippen MR) is 239 cm³/mol. The SMILES string of the molecule is CC(C)(C)OC(=O)CC[C@H](NC(=O)[C@H](CC(=O)OC(C)(C)C)NC(=O)[C@H](Cc1ccccc1Cl)NC(=O)c1cc2cc(Cl)ccc2n1C(=O)OC(C)(C)C)C(=O)Nc1ccccc1. The molecule has 0 aliphatic rings. The fourth-order valence-electron chi connectivity index (χ4n) is 6.16. The number of benzene rings is 3. The lowest BCUT2D eigenvalue weighted by Crippen LogP contribution is -2.57. The predicted octanol–water partition coefficient (Wildman–Crippen LogP) is 7.53. The molecule has 3 atom stereocenters. The van der Waals surface area contributed by atoms with Crippen molar-refractivity contribution in [2.24, 2.45) is 0 Å². The molecule has 63 heavy (non-hydrogen) atoms. The number of ether oxygens (including phenoxy) is 3. The number of hydrogen-bond acceptors (Lipinski definition) is 10. The minimum absolute atomic E-state index is 0.196. The van der Waals surface area contributed by atoms with Gasteiger partial charge < -0.3 is 35.5 Å². The first-order valence-corrected chi connectivity index (χ1v) is 21.0. The van der Waals surface area contributed by atoms with E-state index in [4.69, 9.17) is 37.4 Å². The molecule has 0 fully saturated rings. The number of nitrogens with zero attached hydrogens (tertiary/aromatic N) is 1. The Morgan fingerprint density at radius 1 is 0.619 bits per heavy atom. The molecular formula is C46H55Cl2N5O10. The molecule has 0 aliphatic carbocycles. The highest BCUT2D eigenvalue weighted by atomic mass is 35.5. The van der Waals surface area contributed by atoms with Crippen molar-refractivity contribution in [1.82, 2.24) is 20.5 Å². The zero-order valence-corrected chi connectivity index (χ0v) is 38.4. The van der Waals surface area contributed by atoms with Crippen LogP contribution in [0.15, 0.2) is 78.9 Å². The van der Waals surface area contributed by atoms with Gasteiger partial charge in [-0.15, -0.1) is 0 Å². The second-order valence-corrected chi connectivity index (χ2v) is 18.6. The molecule has 17 heteroatoms. The third-order valence-corrected chi connectivity index (χ3v) is 9.34. The smallest absolute Gasteiger partial charge is 0.419 e. The lowest BCUT2D eigenvalue weighted by Gasteiger charge is -2.27. The van der Waals surface area contributed by atoms with Gasteiger partial charge in [-0.1, -0.05) is 59.6 Å². The molecule has 338 valence electrons. The van der Waals surface area contributed by atoms with Crippen LogP contribution in [0.4, 0.5) is 10.5 Å². The Balaban J connectivity index is 1.72. The number of fused-ring (bicyclic) bond motifs is 1. The quantitative estimate of drug-likeness (QED) is 0.0683. The van der Waals surface area contributed by atoms with Crippen molar-refractivity contribution in [3.05, 3.63) is 100 Å². The first-order chi connectivity index (χ1) is 29.3. The van der Waals surface area contributed by atoms with E-state index >= 15 is 0 Å². The van der Waals surface area contributed by atoms with Crippen LogP contribution in [0.5, 0.6) is 0 Å². The summed E-state index contributed by atoms with van der Waals surface area (Å²) in [6.07, 6.45) is -2.27. The van der Waals surface area contributed by atoms with Crippen LogP contribution < -0.4 is 21.3 Å². The third-order valence-electron chi connectivity index (χ3n) is 8.73. The average molecular weight is 909 g/mol. The molecule has 0 unspecified atom stereocenters. The summed E-state index contributed by atoms with van der Waals surface area (Å²) in [6.45, 7) is 14.9. The van der Waals surface area contributed by atoms with E-state index in [-0.39, 0.29) is 30.0 Å². The normalized spacial score (nSPS) is 13.2. The van der Waals surface area contributed by atoms with Crippen LogP contribution in [0.25, 0.3) is 10.9 Å². The Kier molecular flexibility index (Phi) is 16.5. The molecule has 0 aliphatic heterocycles. The monoisotopic (exact) mass is 907 g/mol. The van der Waals surface area contributed by atoms with Gasteiger partial charge >= 0.3 is 18.0 Å². The molecule has 1 aromatic heterocycles. The van der Waals surface area contributed by atoms with Crippen molar-refractivity contribution in [3.63, 3.8) is 0 Å². The molecule has 3 aromatic carbocycles. The van der Waals surface area contributed by atoms with E-state index in [9.17, 15) is 33.6 Å². The number of esters is 2. The Morgan fingerprint density at radius 3 is 1.81 bits per heavy atom. The first kappa shape index (κ1) is 49.7. The van der Waals surface area contributed by atoms with E-state index in [0.29, 0.717) is 27.2 Å². The number of para-hydroxylation sites is 1. The standard InChI is InChI=1S/C46H55Cl2N5O10/c1-44(2,3)61-37(54)22-20-32(39(56)49-30-16-11-10-12-17-30)50-41(58)34(26-38(55)62-45(4,5)6)51-40(57)33(24-27-15-13-14-18-31(27)48)52-42(59)36-25-28-23-29(47)19-21-35(28)53(36)43(60)63-46(7,8)9/h10-19,21,23,25,32-34H,20,22,24,26H2,1-9H3,(H,49,56)(H,50,58)(H,51,57)(H,52,59)/t32-,33-,34-/m0/s1. The second kappa shape index (κ2) is 21.0. The van der Waals surface area contributed by atoms with Gasteiger partial charge in [-0.05, 0) is 117 Å². The molecule has 0 radical (unpaired) electrons. The maximum atomic E-state index is 14.5. The largest absolute Gasteiger partial charge is 0.460 e. The summed E-state index contributed by atoms with van der Waals surface area (Å²) >= 11 is 12.8. The van der Waals surface area contributed by atoms with Crippen LogP contribution in [0.1, 0.15) is 97.6 Å². The molecule has 4 amide bonds. The minimum atomic E-state index is -1.68. The van der Waals surface area contributed by atoms with Gasteiger partial charge in [-0.25, -0.2) is 9.36 Å². The highest BCUT2D eigenvalue weighted by Gasteiger charge is 2.35. The zero-order chi connectivity index (χ0) is 46.9. The molecule has 0 saturated heterocycles. The number of rotatable bonds is 15. The third kappa shape index (κ3) is 15.7. The van der Waals surface area contributed by atoms with Crippen molar-refractivity contribution in [3.8, 4) is 0 Å². The number of nitrogens with one attached hydrogen (secondary N) is 4. The molecule has 4 N–H and O–H groups in total. The van der Waals surface area contributed by atoms with Gasteiger partial charge in [0.25, 0.3) is 5.91 Å². The van der Waals surface area contributed by atoms with Crippen LogP contribution in [0, 0.1) is 0 Å². The Morgan fingerprint density at radius 2 is 1.19 bits per heavy atom. The van der Waals surface area contributed by atoms with Crippen molar-refractivity contribution in [2.75, 3.05) is 5.32 Å². The molecular weight excluding hydrogens is 853 g/mol. The summed E-state index contributed by atoms with van der Waals surface area (Å²) in [6, 6.07) is 16.5. The maximum absolute atomic E-state index is 14.5. The van der Waals surface area contributed by atoms with Gasteiger partial charge in [-0.2, -0.15) is 0 Å². The van der Waals surface area contributed by atoms with Crippen molar-refractivity contribution in [1.29, 1.82) is 0 Å². The lowest BCUT2D eigenvalue weighted by molar-refractivity contribution is -0.156. The summed E-state index contributed by atoms with van der Waals surface area (Å²) in [5.74, 6) is -4.97. The van der Waals surface area contributed by atoms with Crippen molar-refractivity contribution < 1.29 is 47.8 Å². The van der Waals surface area contributed by atoms with Gasteiger partial charge in [0, 0.05) is 34.0 Å². The highest BCUT2D eigenvalue weighted by Crippen LogP contribution is 2.26. The van der Waals surface area contributed by atoms with E-state index < -0.39 is 83.0 Å². The zero-order valence-electron chi connectivity index (χ0n) is 36.9. The number of hydrogen-bond donors (Lipinski definition) is 4. The van der Waals surface area contributed by atoms with E-state index in [1.165, 1.54) is 6.07 Å². The number of aromatic nitrogens is 1. The summed E-state index contributed by atoms with van der Waals surface area (Å²) in [5, 5.41) is 11.6. The number of anilines is 1. The lowest BCUT2D eigenvalue weighted by atomic mass is 10.0. The number of halogens is 2. The topological polar surface area (TPSA) is 200 Å². The molecule has 4 rings (SSSR count). The Hall–Kier alpha value is -5.93. The van der Waals surface area contributed by atoms with Crippen LogP contribution in [0.3, 0.4) is 0 Å². The first-order valence-electron chi connectivity index (χ1n) is 20.3. The van der Waals surface area contributed by atoms with E-state index in [1.807, 2.05) is 0 Å². The minimum Gasteiger partial charge on any atom is -0.460 e. The fraction of sp³-hybridized carbons (Fsp3) is 0.413. The average Bonchev–Trinajstić information content (AvgIpc) is 3.54. The Labute approximate surface area is 376 Å². The van der Waals surface area contributed by atoms with E-state index in [2.05, 4.69) is 21.3 Å². The molecule has 0 spiro atoms. The molecule has 0 saturated carbocycles. The summed E-state index contributed by atoms with van der Waals surface area (Å²) < 4.78 is 17.6. The van der Waals surface area contributed by atoms with Gasteiger partial charge in [0.05, 0.1) is 11.9 Å². The van der Waals surface area contributed by atoms with Gasteiger partial charge in [0.1, 0.15) is 40.6 Å². The summed E-state index contributed by atoms with van der Waals surface area (Å²) in [5.41, 5.74) is -1.79. The Bertz CT molecular complexity index is 2330. The van der Waals surface area contributed by atoms with E-state index in [1.54, 1.807) is 135 Å². The fourth-order valence-corrected chi connectivity index (χ4v) is 6.55. The van der Waals surface area contributed by atoms with E-state index in [0.717, 1.165) is 4.57 Å². The molecule has 1 heterocycles. The number of amides is 4. The van der Waals surface area contributed by atoms with Crippen LogP contribution in [0.2, 0.25) is 10.0 Å². The van der Waals surface area contributed by atoms with Crippen LogP contribution in [-0.2, 0) is 44.6 Å². The van der Waals surface area contributed by atoms with Gasteiger partial charge in [-0.3, -0.25) is 28.8 Å². The summed E-state index contributed by atoms with van der Waals surface area (Å²) in [7, 11) is 0. The van der Waals surface area contributed by atoms with Crippen LogP contribution in [-0.4, -0.2) is 81.2 Å². The van der Waals surface area contributed by atoms with Crippen molar-refractivity contribution in [2.45, 2.75) is 123 Å². The second-order valence-electron chi connectivity index (χ2n) is 17.8. The van der Waals surface area contributed by atoms with Gasteiger partial charge in [0.15, 0.2) is 0 Å². The molecule has 0 bridgehead atoms. The van der Waals surface area contributed by atoms with Crippen molar-refractivity contribution >= 4 is 81.5 Å². The molecule has 15 nitrogen and oxygen atoms in total. The molecule has 4 aromatic rings. The highest BCUT2D eigenvalue weighted by molar-refractivity contribution is 6.31. The number of carbonyl (C=O) groups is 7. The maximum Gasteiger partial charge on any atom is 0.419 e. The van der Waals surface area contributed by atoms with Gasteiger partial charge in [0.2, 0.25) is 17.7 Å².